The second-order valence-electron chi connectivity index (χ2n) is 7.04. The molecule has 164 valence electrons. The van der Waals surface area contributed by atoms with E-state index in [1.165, 1.54) is 5.56 Å². The van der Waals surface area contributed by atoms with Crippen molar-refractivity contribution in [2.75, 3.05) is 34.4 Å². The van der Waals surface area contributed by atoms with Gasteiger partial charge >= 0.3 is 0 Å². The van der Waals surface area contributed by atoms with Crippen LogP contribution < -0.4 is 14.8 Å². The number of nitrogens with zero attached hydrogens (tertiary/aromatic N) is 3. The third kappa shape index (κ3) is 6.01. The predicted octanol–water partition coefficient (Wildman–Crippen LogP) is 4.00. The van der Waals surface area contributed by atoms with Gasteiger partial charge in [-0.2, -0.15) is 0 Å². The molecule has 31 heavy (non-hydrogen) atoms. The summed E-state index contributed by atoms with van der Waals surface area (Å²) < 4.78 is 16.3. The first-order valence-corrected chi connectivity index (χ1v) is 10.3. The van der Waals surface area contributed by atoms with Crippen LogP contribution in [0, 0.1) is 0 Å². The normalized spacial score (nSPS) is 11.3. The number of methoxy groups -OCH3 is 2. The number of nitrogens with one attached hydrogen (secondary N) is 1. The van der Waals surface area contributed by atoms with Crippen molar-refractivity contribution in [3.05, 3.63) is 66.1 Å². The number of benzene rings is 2. The fourth-order valence-corrected chi connectivity index (χ4v) is 3.16. The molecule has 0 saturated heterocycles. The maximum atomic E-state index is 5.61. The molecule has 0 amide bonds. The first-order chi connectivity index (χ1) is 15.1. The summed E-state index contributed by atoms with van der Waals surface area (Å²) >= 11 is 0. The molecule has 3 rings (SSSR count). The van der Waals surface area contributed by atoms with Crippen LogP contribution in [-0.4, -0.2) is 50.2 Å². The molecule has 0 saturated carbocycles. The Morgan fingerprint density at radius 1 is 1.10 bits per heavy atom. The molecule has 0 bridgehead atoms. The predicted molar refractivity (Wildman–Crippen MR) is 123 cm³/mol. The van der Waals surface area contributed by atoms with Gasteiger partial charge in [-0.05, 0) is 43.2 Å². The van der Waals surface area contributed by atoms with Gasteiger partial charge in [-0.1, -0.05) is 24.3 Å². The molecule has 1 aromatic heterocycles. The number of hydrogen-bond donors (Lipinski definition) is 1. The number of rotatable bonds is 9. The van der Waals surface area contributed by atoms with Crippen molar-refractivity contribution >= 4 is 5.96 Å². The minimum Gasteiger partial charge on any atom is -0.493 e. The molecule has 0 aliphatic carbocycles. The fraction of sp³-hybridized carbons (Fsp3) is 0.333. The van der Waals surface area contributed by atoms with E-state index >= 15 is 0 Å². The van der Waals surface area contributed by atoms with Gasteiger partial charge in [-0.3, -0.25) is 0 Å². The Hall–Kier alpha value is -3.48. The summed E-state index contributed by atoms with van der Waals surface area (Å²) in [6, 6.07) is 15.9. The van der Waals surface area contributed by atoms with Crippen molar-refractivity contribution in [2.24, 2.45) is 4.99 Å². The standard InChI is InChI=1S/C24H30N4O3/c1-5-25-24(26-16-20-17-31-23(27-20)19-9-7-6-8-10-19)28(2)14-13-18-11-12-21(29-3)22(15-18)30-4/h6-12,15,17H,5,13-14,16H2,1-4H3,(H,25,26). The Morgan fingerprint density at radius 3 is 2.58 bits per heavy atom. The van der Waals surface area contributed by atoms with Gasteiger partial charge in [0.2, 0.25) is 5.89 Å². The highest BCUT2D eigenvalue weighted by Gasteiger charge is 2.10. The molecule has 0 fully saturated rings. The molecule has 1 heterocycles. The molecule has 0 unspecified atom stereocenters. The first kappa shape index (κ1) is 22.2. The van der Waals surface area contributed by atoms with E-state index in [1.54, 1.807) is 20.5 Å². The molecule has 3 aromatic rings. The van der Waals surface area contributed by atoms with Crippen LogP contribution in [-0.2, 0) is 13.0 Å². The zero-order chi connectivity index (χ0) is 22.1. The molecule has 0 radical (unpaired) electrons. The number of guanidine groups is 1. The highest BCUT2D eigenvalue weighted by Crippen LogP contribution is 2.27. The van der Waals surface area contributed by atoms with Gasteiger partial charge in [-0.15, -0.1) is 0 Å². The van der Waals surface area contributed by atoms with Crippen LogP contribution in [0.25, 0.3) is 11.5 Å². The Bertz CT molecular complexity index is 985. The minimum atomic E-state index is 0.444. The number of likely N-dealkylation sites (N-methyl/N-ethyl adjacent to an activating group) is 1. The Balaban J connectivity index is 1.63. The lowest BCUT2D eigenvalue weighted by molar-refractivity contribution is 0.354. The summed E-state index contributed by atoms with van der Waals surface area (Å²) in [5.41, 5.74) is 2.92. The average molecular weight is 423 g/mol. The Morgan fingerprint density at radius 2 is 1.87 bits per heavy atom. The quantitative estimate of drug-likeness (QED) is 0.415. The first-order valence-electron chi connectivity index (χ1n) is 10.3. The minimum absolute atomic E-state index is 0.444. The largest absolute Gasteiger partial charge is 0.493 e. The number of aromatic nitrogens is 1. The van der Waals surface area contributed by atoms with Gasteiger partial charge in [0.25, 0.3) is 0 Å². The van der Waals surface area contributed by atoms with Gasteiger partial charge in [0.05, 0.1) is 20.8 Å². The third-order valence-corrected chi connectivity index (χ3v) is 4.84. The van der Waals surface area contributed by atoms with E-state index in [4.69, 9.17) is 18.9 Å². The van der Waals surface area contributed by atoms with Crippen LogP contribution in [0.5, 0.6) is 11.5 Å². The SMILES string of the molecule is CCNC(=NCc1coc(-c2ccccc2)n1)N(C)CCc1ccc(OC)c(OC)c1. The summed E-state index contributed by atoms with van der Waals surface area (Å²) in [6.45, 7) is 4.09. The van der Waals surface area contributed by atoms with Crippen molar-refractivity contribution in [3.8, 4) is 23.0 Å². The van der Waals surface area contributed by atoms with Gasteiger partial charge in [0, 0.05) is 25.7 Å². The second-order valence-corrected chi connectivity index (χ2v) is 7.04. The lowest BCUT2D eigenvalue weighted by Gasteiger charge is -2.22. The number of hydrogen-bond acceptors (Lipinski definition) is 5. The van der Waals surface area contributed by atoms with E-state index in [0.29, 0.717) is 12.4 Å². The molecule has 0 atom stereocenters. The molecule has 0 spiro atoms. The van der Waals surface area contributed by atoms with Crippen molar-refractivity contribution < 1.29 is 13.9 Å². The number of oxazole rings is 1. The molecule has 2 aromatic carbocycles. The van der Waals surface area contributed by atoms with Crippen LogP contribution in [0.2, 0.25) is 0 Å². The van der Waals surface area contributed by atoms with Crippen LogP contribution >= 0.6 is 0 Å². The van der Waals surface area contributed by atoms with E-state index in [2.05, 4.69) is 28.2 Å². The fourth-order valence-electron chi connectivity index (χ4n) is 3.16. The van der Waals surface area contributed by atoms with Crippen LogP contribution in [0.4, 0.5) is 0 Å². The summed E-state index contributed by atoms with van der Waals surface area (Å²) in [7, 11) is 5.32. The van der Waals surface area contributed by atoms with Crippen LogP contribution in [0.15, 0.2) is 64.2 Å². The number of aliphatic imine (C=N–C) groups is 1. The summed E-state index contributed by atoms with van der Waals surface area (Å²) in [5, 5.41) is 3.34. The molecular weight excluding hydrogens is 392 g/mol. The average Bonchev–Trinajstić information content (AvgIpc) is 3.29. The zero-order valence-electron chi connectivity index (χ0n) is 18.6. The van der Waals surface area contributed by atoms with Crippen molar-refractivity contribution in [2.45, 2.75) is 19.9 Å². The lowest BCUT2D eigenvalue weighted by atomic mass is 10.1. The highest BCUT2D eigenvalue weighted by molar-refractivity contribution is 5.79. The Labute approximate surface area is 183 Å². The Kier molecular flexibility index (Phi) is 7.92. The smallest absolute Gasteiger partial charge is 0.226 e. The van der Waals surface area contributed by atoms with Gasteiger partial charge in [0.15, 0.2) is 17.5 Å². The zero-order valence-corrected chi connectivity index (χ0v) is 18.6. The monoisotopic (exact) mass is 422 g/mol. The maximum absolute atomic E-state index is 5.61. The van der Waals surface area contributed by atoms with Crippen molar-refractivity contribution in [1.82, 2.24) is 15.2 Å². The van der Waals surface area contributed by atoms with Crippen LogP contribution in [0.1, 0.15) is 18.2 Å². The second kappa shape index (κ2) is 11.1. The van der Waals surface area contributed by atoms with Crippen molar-refractivity contribution in [3.63, 3.8) is 0 Å². The van der Waals surface area contributed by atoms with E-state index in [0.717, 1.165) is 48.2 Å². The van der Waals surface area contributed by atoms with Crippen molar-refractivity contribution in [1.29, 1.82) is 0 Å². The van der Waals surface area contributed by atoms with E-state index < -0.39 is 0 Å². The summed E-state index contributed by atoms with van der Waals surface area (Å²) in [5.74, 6) is 2.91. The third-order valence-electron chi connectivity index (χ3n) is 4.84. The van der Waals surface area contributed by atoms with Crippen LogP contribution in [0.3, 0.4) is 0 Å². The molecule has 1 N–H and O–H groups in total. The molecule has 0 aliphatic rings. The highest BCUT2D eigenvalue weighted by atomic mass is 16.5. The molecule has 0 aliphatic heterocycles. The van der Waals surface area contributed by atoms with Gasteiger partial charge < -0.3 is 24.1 Å². The topological polar surface area (TPSA) is 72.1 Å². The summed E-state index contributed by atoms with van der Waals surface area (Å²) in [4.78, 5) is 11.4. The van der Waals surface area contributed by atoms with Gasteiger partial charge in [-0.25, -0.2) is 9.98 Å². The molecule has 7 heteroatoms. The van der Waals surface area contributed by atoms with E-state index in [1.807, 2.05) is 49.5 Å². The van der Waals surface area contributed by atoms with E-state index in [9.17, 15) is 0 Å². The van der Waals surface area contributed by atoms with Gasteiger partial charge in [0.1, 0.15) is 12.0 Å². The van der Waals surface area contributed by atoms with E-state index in [-0.39, 0.29) is 0 Å². The lowest BCUT2D eigenvalue weighted by Crippen LogP contribution is -2.40. The number of ether oxygens (including phenoxy) is 2. The summed E-state index contributed by atoms with van der Waals surface area (Å²) in [6.07, 6.45) is 2.52. The maximum Gasteiger partial charge on any atom is 0.226 e. The molecular formula is C24H30N4O3. The molecule has 7 nitrogen and oxygen atoms in total.